The largest absolute Gasteiger partial charge is 0.353 e. The number of amides is 1. The number of aromatic nitrogens is 1. The van der Waals surface area contributed by atoms with Gasteiger partial charge < -0.3 is 5.32 Å². The van der Waals surface area contributed by atoms with E-state index in [0.717, 1.165) is 4.31 Å². The smallest absolute Gasteiger partial charge is 0.246 e. The van der Waals surface area contributed by atoms with Gasteiger partial charge in [-0.2, -0.15) is 4.31 Å². The summed E-state index contributed by atoms with van der Waals surface area (Å²) < 4.78 is 26.1. The SMILES string of the molecule is CC(C)NC(=O)CN(C)S(=O)(=O)c1cc(Br)cnc1Cl. The fraction of sp³-hybridized carbons (Fsp3) is 0.455. The normalized spacial score (nSPS) is 11.9. The summed E-state index contributed by atoms with van der Waals surface area (Å²) in [6, 6.07) is 1.29. The second-order valence-electron chi connectivity index (χ2n) is 4.43. The Morgan fingerprint density at radius 1 is 1.55 bits per heavy atom. The zero-order valence-corrected chi connectivity index (χ0v) is 14.4. The lowest BCUT2D eigenvalue weighted by Crippen LogP contribution is -2.40. The fourth-order valence-corrected chi connectivity index (χ4v) is 3.45. The van der Waals surface area contributed by atoms with Crippen molar-refractivity contribution in [1.29, 1.82) is 0 Å². The number of carbonyl (C=O) groups is 1. The van der Waals surface area contributed by atoms with Gasteiger partial charge in [0.25, 0.3) is 0 Å². The molecule has 1 N–H and O–H groups in total. The Kier molecular flexibility index (Phi) is 5.93. The van der Waals surface area contributed by atoms with Crippen LogP contribution in [-0.4, -0.2) is 43.2 Å². The third kappa shape index (κ3) is 4.41. The van der Waals surface area contributed by atoms with Crippen LogP contribution in [0.25, 0.3) is 0 Å². The highest BCUT2D eigenvalue weighted by Crippen LogP contribution is 2.24. The number of nitrogens with one attached hydrogen (secondary N) is 1. The van der Waals surface area contributed by atoms with Gasteiger partial charge >= 0.3 is 0 Å². The quantitative estimate of drug-likeness (QED) is 0.783. The van der Waals surface area contributed by atoms with Crippen LogP contribution < -0.4 is 5.32 Å². The molecule has 0 saturated carbocycles. The molecule has 0 aromatic carbocycles. The maximum atomic E-state index is 12.3. The summed E-state index contributed by atoms with van der Waals surface area (Å²) in [5, 5.41) is 2.49. The number of hydrogen-bond acceptors (Lipinski definition) is 4. The van der Waals surface area contributed by atoms with E-state index in [1.807, 2.05) is 0 Å². The molecule has 0 radical (unpaired) electrons. The number of halogens is 2. The summed E-state index contributed by atoms with van der Waals surface area (Å²) in [7, 11) is -2.56. The predicted molar refractivity (Wildman–Crippen MR) is 80.0 cm³/mol. The number of rotatable bonds is 5. The molecule has 0 aliphatic heterocycles. The van der Waals surface area contributed by atoms with Gasteiger partial charge in [-0.25, -0.2) is 13.4 Å². The highest BCUT2D eigenvalue weighted by Gasteiger charge is 2.26. The van der Waals surface area contributed by atoms with Crippen LogP contribution in [0.4, 0.5) is 0 Å². The third-order valence-electron chi connectivity index (χ3n) is 2.28. The van der Waals surface area contributed by atoms with Crippen molar-refractivity contribution in [3.8, 4) is 0 Å². The summed E-state index contributed by atoms with van der Waals surface area (Å²) in [5.41, 5.74) is 0. The maximum absolute atomic E-state index is 12.3. The van der Waals surface area contributed by atoms with Gasteiger partial charge in [-0.05, 0) is 35.8 Å². The monoisotopic (exact) mass is 383 g/mol. The Morgan fingerprint density at radius 3 is 2.70 bits per heavy atom. The Hall–Kier alpha value is -0.700. The molecule has 0 spiro atoms. The topological polar surface area (TPSA) is 79.4 Å². The molecule has 1 heterocycles. The molecule has 0 atom stereocenters. The molecule has 1 amide bonds. The highest BCUT2D eigenvalue weighted by molar-refractivity contribution is 9.10. The lowest BCUT2D eigenvalue weighted by atomic mass is 10.4. The number of hydrogen-bond donors (Lipinski definition) is 1. The minimum atomic E-state index is -3.87. The molecule has 0 saturated heterocycles. The number of carbonyl (C=O) groups excluding carboxylic acids is 1. The summed E-state index contributed by atoms with van der Waals surface area (Å²) in [6.07, 6.45) is 1.40. The van der Waals surface area contributed by atoms with Crippen molar-refractivity contribution < 1.29 is 13.2 Å². The van der Waals surface area contributed by atoms with Gasteiger partial charge in [0.1, 0.15) is 10.0 Å². The van der Waals surface area contributed by atoms with Crippen LogP contribution in [0.3, 0.4) is 0 Å². The first-order valence-electron chi connectivity index (χ1n) is 5.71. The van der Waals surface area contributed by atoms with E-state index in [2.05, 4.69) is 26.2 Å². The Balaban J connectivity index is 2.98. The summed E-state index contributed by atoms with van der Waals surface area (Å²) in [5.74, 6) is -0.384. The molecule has 1 rings (SSSR count). The molecule has 1 aromatic heterocycles. The summed E-state index contributed by atoms with van der Waals surface area (Å²) in [6.45, 7) is 3.30. The van der Waals surface area contributed by atoms with Gasteiger partial charge in [-0.3, -0.25) is 4.79 Å². The lowest BCUT2D eigenvalue weighted by Gasteiger charge is -2.18. The number of sulfonamides is 1. The molecule has 0 aliphatic carbocycles. The zero-order chi connectivity index (χ0) is 15.5. The highest BCUT2D eigenvalue weighted by atomic mass is 79.9. The van der Waals surface area contributed by atoms with Gasteiger partial charge in [-0.1, -0.05) is 11.6 Å². The van der Waals surface area contributed by atoms with Gasteiger partial charge in [-0.15, -0.1) is 0 Å². The van der Waals surface area contributed by atoms with E-state index in [1.165, 1.54) is 19.3 Å². The van der Waals surface area contributed by atoms with E-state index in [-0.39, 0.29) is 28.5 Å². The minimum absolute atomic E-state index is 0.0604. The van der Waals surface area contributed by atoms with Crippen LogP contribution in [0, 0.1) is 0 Å². The van der Waals surface area contributed by atoms with Crippen molar-refractivity contribution in [3.05, 3.63) is 21.9 Å². The Labute approximate surface area is 131 Å². The molecule has 0 aliphatic rings. The molecule has 112 valence electrons. The van der Waals surface area contributed by atoms with Crippen LogP contribution in [-0.2, 0) is 14.8 Å². The Morgan fingerprint density at radius 2 is 2.15 bits per heavy atom. The number of nitrogens with zero attached hydrogens (tertiary/aromatic N) is 2. The second-order valence-corrected chi connectivity index (χ2v) is 7.71. The van der Waals surface area contributed by atoms with Crippen LogP contribution in [0.2, 0.25) is 5.15 Å². The van der Waals surface area contributed by atoms with E-state index in [4.69, 9.17) is 11.6 Å². The molecule has 9 heteroatoms. The molecular weight excluding hydrogens is 370 g/mol. The van der Waals surface area contributed by atoms with Crippen molar-refractivity contribution in [2.75, 3.05) is 13.6 Å². The third-order valence-corrected chi connectivity index (χ3v) is 4.94. The predicted octanol–water partition coefficient (Wildman–Crippen LogP) is 1.64. The van der Waals surface area contributed by atoms with Crippen LogP contribution in [0.5, 0.6) is 0 Å². The zero-order valence-electron chi connectivity index (χ0n) is 11.2. The van der Waals surface area contributed by atoms with Crippen molar-refractivity contribution >= 4 is 43.5 Å². The number of likely N-dealkylation sites (N-methyl/N-ethyl adjacent to an activating group) is 1. The first kappa shape index (κ1) is 17.4. The Bertz CT molecular complexity index is 607. The maximum Gasteiger partial charge on any atom is 0.246 e. The molecule has 20 heavy (non-hydrogen) atoms. The molecule has 0 unspecified atom stereocenters. The average molecular weight is 385 g/mol. The van der Waals surface area contributed by atoms with Gasteiger partial charge in [0.2, 0.25) is 15.9 Å². The summed E-state index contributed by atoms with van der Waals surface area (Å²) >= 11 is 8.95. The van der Waals surface area contributed by atoms with Crippen LogP contribution in [0.15, 0.2) is 21.6 Å². The van der Waals surface area contributed by atoms with Gasteiger partial charge in [0, 0.05) is 23.8 Å². The van der Waals surface area contributed by atoms with Crippen molar-refractivity contribution in [3.63, 3.8) is 0 Å². The van der Waals surface area contributed by atoms with E-state index >= 15 is 0 Å². The average Bonchev–Trinajstić information content (AvgIpc) is 2.30. The lowest BCUT2D eigenvalue weighted by molar-refractivity contribution is -0.121. The first-order valence-corrected chi connectivity index (χ1v) is 8.32. The van der Waals surface area contributed by atoms with E-state index < -0.39 is 10.0 Å². The minimum Gasteiger partial charge on any atom is -0.353 e. The summed E-state index contributed by atoms with van der Waals surface area (Å²) in [4.78, 5) is 15.2. The van der Waals surface area contributed by atoms with E-state index in [9.17, 15) is 13.2 Å². The number of pyridine rings is 1. The van der Waals surface area contributed by atoms with Crippen LogP contribution >= 0.6 is 27.5 Å². The van der Waals surface area contributed by atoms with Crippen LogP contribution in [0.1, 0.15) is 13.8 Å². The molecular formula is C11H15BrClN3O3S. The van der Waals surface area contributed by atoms with Gasteiger partial charge in [0.15, 0.2) is 0 Å². The fourth-order valence-electron chi connectivity index (χ4n) is 1.41. The van der Waals surface area contributed by atoms with E-state index in [0.29, 0.717) is 4.47 Å². The van der Waals surface area contributed by atoms with Crippen molar-refractivity contribution in [2.24, 2.45) is 0 Å². The van der Waals surface area contributed by atoms with E-state index in [1.54, 1.807) is 13.8 Å². The molecule has 1 aromatic rings. The standard InChI is InChI=1S/C11H15BrClN3O3S/c1-7(2)15-10(17)6-16(3)20(18,19)9-4-8(12)5-14-11(9)13/h4-5,7H,6H2,1-3H3,(H,15,17). The first-order chi connectivity index (χ1) is 9.14. The van der Waals surface area contributed by atoms with Crippen molar-refractivity contribution in [1.82, 2.24) is 14.6 Å². The van der Waals surface area contributed by atoms with Crippen molar-refractivity contribution in [2.45, 2.75) is 24.8 Å². The van der Waals surface area contributed by atoms with Gasteiger partial charge in [0.05, 0.1) is 6.54 Å². The second kappa shape index (κ2) is 6.84. The molecule has 0 fully saturated rings. The molecule has 0 bridgehead atoms. The molecule has 6 nitrogen and oxygen atoms in total.